The van der Waals surface area contributed by atoms with Gasteiger partial charge >= 0.3 is 5.97 Å². The molecule has 2 rings (SSSR count). The minimum Gasteiger partial charge on any atom is -0.481 e. The highest BCUT2D eigenvalue weighted by Gasteiger charge is 2.09. The molecule has 0 spiro atoms. The van der Waals surface area contributed by atoms with E-state index in [1.54, 1.807) is 4.68 Å². The minimum atomic E-state index is -0.860. The monoisotopic (exact) mass is 244 g/mol. The summed E-state index contributed by atoms with van der Waals surface area (Å²) in [7, 11) is 0. The van der Waals surface area contributed by atoms with Crippen LogP contribution in [-0.4, -0.2) is 20.9 Å². The van der Waals surface area contributed by atoms with Crippen LogP contribution in [0.5, 0.6) is 0 Å². The van der Waals surface area contributed by atoms with Gasteiger partial charge in [0.05, 0.1) is 17.8 Å². The normalized spacial score (nSPS) is 10.6. The first-order valence-electron chi connectivity index (χ1n) is 5.97. The molecule has 1 heterocycles. The summed E-state index contributed by atoms with van der Waals surface area (Å²) in [6, 6.07) is 9.94. The molecule has 0 atom stereocenters. The van der Waals surface area contributed by atoms with E-state index in [2.05, 4.69) is 24.2 Å². The third-order valence-corrected chi connectivity index (χ3v) is 2.86. The molecule has 0 aliphatic heterocycles. The predicted molar refractivity (Wildman–Crippen MR) is 69.0 cm³/mol. The molecule has 0 fully saturated rings. The van der Waals surface area contributed by atoms with Gasteiger partial charge in [-0.05, 0) is 37.1 Å². The van der Waals surface area contributed by atoms with Crippen LogP contribution in [0, 0.1) is 6.92 Å². The van der Waals surface area contributed by atoms with E-state index in [9.17, 15) is 4.79 Å². The van der Waals surface area contributed by atoms with Gasteiger partial charge in [-0.1, -0.05) is 19.1 Å². The van der Waals surface area contributed by atoms with Gasteiger partial charge < -0.3 is 5.11 Å². The maximum atomic E-state index is 10.7. The molecule has 4 heteroatoms. The summed E-state index contributed by atoms with van der Waals surface area (Å²) in [6.07, 6.45) is 0.962. The highest BCUT2D eigenvalue weighted by molar-refractivity contribution is 5.69. The number of hydrogen-bond donors (Lipinski definition) is 1. The van der Waals surface area contributed by atoms with Crippen LogP contribution in [0.25, 0.3) is 5.69 Å². The molecule has 4 nitrogen and oxygen atoms in total. The van der Waals surface area contributed by atoms with Crippen molar-refractivity contribution in [1.29, 1.82) is 0 Å². The van der Waals surface area contributed by atoms with Gasteiger partial charge in [-0.2, -0.15) is 5.10 Å². The zero-order valence-electron chi connectivity index (χ0n) is 10.6. The lowest BCUT2D eigenvalue weighted by molar-refractivity contribution is -0.136. The Bertz CT molecular complexity index is 556. The van der Waals surface area contributed by atoms with Crippen molar-refractivity contribution in [3.8, 4) is 5.69 Å². The second-order valence-electron chi connectivity index (χ2n) is 4.28. The number of carboxylic acids is 1. The molecule has 0 radical (unpaired) electrons. The van der Waals surface area contributed by atoms with Gasteiger partial charge in [-0.3, -0.25) is 4.79 Å². The molecule has 0 saturated carbocycles. The molecule has 0 saturated heterocycles. The summed E-state index contributed by atoms with van der Waals surface area (Å²) in [5.74, 6) is -0.860. The number of aromatic nitrogens is 2. The van der Waals surface area contributed by atoms with Crippen LogP contribution < -0.4 is 0 Å². The molecule has 0 aliphatic rings. The van der Waals surface area contributed by atoms with Crippen molar-refractivity contribution < 1.29 is 9.90 Å². The Morgan fingerprint density at radius 3 is 2.56 bits per heavy atom. The predicted octanol–water partition coefficient (Wildman–Crippen LogP) is 2.37. The fraction of sp³-hybridized carbons (Fsp3) is 0.286. The molecule has 2 aromatic rings. The zero-order chi connectivity index (χ0) is 13.1. The van der Waals surface area contributed by atoms with Gasteiger partial charge in [-0.25, -0.2) is 4.68 Å². The van der Waals surface area contributed by atoms with Gasteiger partial charge in [0.2, 0.25) is 0 Å². The van der Waals surface area contributed by atoms with Gasteiger partial charge in [0, 0.05) is 5.69 Å². The van der Waals surface area contributed by atoms with E-state index in [-0.39, 0.29) is 6.42 Å². The molecule has 18 heavy (non-hydrogen) atoms. The number of hydrogen-bond acceptors (Lipinski definition) is 2. The van der Waals surface area contributed by atoms with Gasteiger partial charge in [-0.15, -0.1) is 0 Å². The van der Waals surface area contributed by atoms with Crippen LogP contribution in [0.3, 0.4) is 0 Å². The number of nitrogens with zero attached hydrogens (tertiary/aromatic N) is 2. The third-order valence-electron chi connectivity index (χ3n) is 2.86. The molecule has 0 bridgehead atoms. The first-order valence-corrected chi connectivity index (χ1v) is 5.97. The van der Waals surface area contributed by atoms with Crippen molar-refractivity contribution >= 4 is 5.97 Å². The molecule has 94 valence electrons. The number of carbonyl (C=O) groups is 1. The Labute approximate surface area is 106 Å². The summed E-state index contributed by atoms with van der Waals surface area (Å²) in [4.78, 5) is 10.7. The first kappa shape index (κ1) is 12.4. The van der Waals surface area contributed by atoms with E-state index in [1.807, 2.05) is 25.1 Å². The molecule has 1 N–H and O–H groups in total. The second kappa shape index (κ2) is 5.04. The number of benzene rings is 1. The van der Waals surface area contributed by atoms with Crippen LogP contribution in [0.2, 0.25) is 0 Å². The number of carboxylic acid groups (broad SMARTS) is 1. The maximum absolute atomic E-state index is 10.7. The van der Waals surface area contributed by atoms with Crippen molar-refractivity contribution in [2.75, 3.05) is 0 Å². The largest absolute Gasteiger partial charge is 0.481 e. The third kappa shape index (κ3) is 2.59. The van der Waals surface area contributed by atoms with Crippen molar-refractivity contribution in [3.63, 3.8) is 0 Å². The van der Waals surface area contributed by atoms with Gasteiger partial charge in [0.25, 0.3) is 0 Å². The Morgan fingerprint density at radius 1 is 1.33 bits per heavy atom. The van der Waals surface area contributed by atoms with E-state index in [0.717, 1.165) is 17.8 Å². The Balaban J connectivity index is 2.31. The molecule has 0 aliphatic carbocycles. The average Bonchev–Trinajstić information content (AvgIpc) is 2.69. The van der Waals surface area contributed by atoms with Crippen molar-refractivity contribution in [2.45, 2.75) is 26.7 Å². The average molecular weight is 244 g/mol. The summed E-state index contributed by atoms with van der Waals surface area (Å²) in [6.45, 7) is 4.03. The zero-order valence-corrected chi connectivity index (χ0v) is 10.6. The van der Waals surface area contributed by atoms with Crippen LogP contribution in [0.15, 0.2) is 30.3 Å². The van der Waals surface area contributed by atoms with Crippen molar-refractivity contribution in [2.24, 2.45) is 0 Å². The fourth-order valence-electron chi connectivity index (χ4n) is 1.91. The highest BCUT2D eigenvalue weighted by Crippen LogP contribution is 2.14. The van der Waals surface area contributed by atoms with E-state index >= 15 is 0 Å². The van der Waals surface area contributed by atoms with E-state index in [4.69, 9.17) is 5.11 Å². The maximum Gasteiger partial charge on any atom is 0.309 e. The van der Waals surface area contributed by atoms with E-state index < -0.39 is 5.97 Å². The molecular weight excluding hydrogens is 228 g/mol. The quantitative estimate of drug-likeness (QED) is 0.898. The Morgan fingerprint density at radius 2 is 2.00 bits per heavy atom. The van der Waals surface area contributed by atoms with Crippen molar-refractivity contribution in [3.05, 3.63) is 47.3 Å². The first-order chi connectivity index (χ1) is 8.60. The molecule has 0 unspecified atom stereocenters. The lowest BCUT2D eigenvalue weighted by atomic mass is 10.1. The molecule has 1 aromatic heterocycles. The highest BCUT2D eigenvalue weighted by atomic mass is 16.4. The SMILES string of the molecule is CCc1ccc(-n2nc(CC(=O)O)cc2C)cc1. The van der Waals surface area contributed by atoms with Crippen LogP contribution in [0.1, 0.15) is 23.9 Å². The topological polar surface area (TPSA) is 55.1 Å². The van der Waals surface area contributed by atoms with Crippen LogP contribution in [0.4, 0.5) is 0 Å². The number of aliphatic carboxylic acids is 1. The molecular formula is C14H16N2O2. The lowest BCUT2D eigenvalue weighted by Gasteiger charge is -2.05. The van der Waals surface area contributed by atoms with Gasteiger partial charge in [0.15, 0.2) is 0 Å². The van der Waals surface area contributed by atoms with E-state index in [0.29, 0.717) is 5.69 Å². The smallest absolute Gasteiger partial charge is 0.309 e. The molecule has 0 amide bonds. The summed E-state index contributed by atoms with van der Waals surface area (Å²) in [5, 5.41) is 13.1. The number of rotatable bonds is 4. The summed E-state index contributed by atoms with van der Waals surface area (Å²) >= 11 is 0. The number of aryl methyl sites for hydroxylation is 2. The fourth-order valence-corrected chi connectivity index (χ4v) is 1.91. The summed E-state index contributed by atoms with van der Waals surface area (Å²) < 4.78 is 1.78. The second-order valence-corrected chi connectivity index (χ2v) is 4.28. The Kier molecular flexibility index (Phi) is 3.46. The standard InChI is InChI=1S/C14H16N2O2/c1-3-11-4-6-13(7-5-11)16-10(2)8-12(15-16)9-14(17)18/h4-8H,3,9H2,1-2H3,(H,17,18). The Hall–Kier alpha value is -2.10. The summed E-state index contributed by atoms with van der Waals surface area (Å²) in [5.41, 5.74) is 3.76. The van der Waals surface area contributed by atoms with Gasteiger partial charge in [0.1, 0.15) is 0 Å². The lowest BCUT2D eigenvalue weighted by Crippen LogP contribution is -2.03. The minimum absolute atomic E-state index is 0.0408. The molecule has 1 aromatic carbocycles. The van der Waals surface area contributed by atoms with Crippen LogP contribution >= 0.6 is 0 Å². The van der Waals surface area contributed by atoms with E-state index in [1.165, 1.54) is 5.56 Å². The van der Waals surface area contributed by atoms with Crippen molar-refractivity contribution in [1.82, 2.24) is 9.78 Å². The van der Waals surface area contributed by atoms with Crippen LogP contribution in [-0.2, 0) is 17.6 Å².